The molecule has 0 N–H and O–H groups in total. The summed E-state index contributed by atoms with van der Waals surface area (Å²) in [5.41, 5.74) is 3.69. The summed E-state index contributed by atoms with van der Waals surface area (Å²) in [7, 11) is 0. The Bertz CT molecular complexity index is 950. The van der Waals surface area contributed by atoms with Gasteiger partial charge in [-0.2, -0.15) is 0 Å². The molecule has 6 heteroatoms. The van der Waals surface area contributed by atoms with Gasteiger partial charge in [0.1, 0.15) is 6.17 Å². The molecule has 1 saturated heterocycles. The molecule has 2 aromatic heterocycles. The van der Waals surface area contributed by atoms with Crippen LogP contribution in [0.1, 0.15) is 40.2 Å². The van der Waals surface area contributed by atoms with Crippen molar-refractivity contribution in [2.45, 2.75) is 38.9 Å². The first kappa shape index (κ1) is 18.9. The van der Waals surface area contributed by atoms with Gasteiger partial charge in [0.05, 0.1) is 24.5 Å². The van der Waals surface area contributed by atoms with Crippen molar-refractivity contribution in [1.29, 1.82) is 0 Å². The molecule has 0 aliphatic carbocycles. The number of anilines is 1. The first-order chi connectivity index (χ1) is 13.6. The maximum atomic E-state index is 13.7. The summed E-state index contributed by atoms with van der Waals surface area (Å²) in [5.74, 6) is 0.103. The van der Waals surface area contributed by atoms with Crippen LogP contribution in [0.5, 0.6) is 0 Å². The van der Waals surface area contributed by atoms with Crippen LogP contribution >= 0.6 is 11.3 Å². The second kappa shape index (κ2) is 8.27. The molecule has 0 spiro atoms. The lowest BCUT2D eigenvalue weighted by atomic mass is 10.1. The quantitative estimate of drug-likeness (QED) is 0.568. The number of Topliss-reactive ketones (excluding diaryl/α,β-unsaturated/α-hetero) is 1. The van der Waals surface area contributed by atoms with Crippen LogP contribution in [-0.4, -0.2) is 34.6 Å². The molecule has 4 nitrogen and oxygen atoms in total. The summed E-state index contributed by atoms with van der Waals surface area (Å²) in [6.45, 7) is 3.83. The van der Waals surface area contributed by atoms with Gasteiger partial charge in [-0.3, -0.25) is 4.79 Å². The van der Waals surface area contributed by atoms with Gasteiger partial charge in [0, 0.05) is 24.5 Å². The molecule has 0 amide bonds. The molecule has 146 valence electrons. The first-order valence-electron chi connectivity index (χ1n) is 9.66. The van der Waals surface area contributed by atoms with E-state index in [0.29, 0.717) is 31.6 Å². The van der Waals surface area contributed by atoms with Crippen molar-refractivity contribution >= 4 is 22.3 Å². The minimum absolute atomic E-state index is 0.103. The Labute approximate surface area is 168 Å². The second-order valence-electron chi connectivity index (χ2n) is 7.42. The van der Waals surface area contributed by atoms with Crippen LogP contribution in [-0.2, 0) is 13.0 Å². The van der Waals surface area contributed by atoms with Gasteiger partial charge in [-0.15, -0.1) is 11.3 Å². The molecule has 0 bridgehead atoms. The molecule has 0 saturated carbocycles. The zero-order valence-corrected chi connectivity index (χ0v) is 16.8. The largest absolute Gasteiger partial charge is 0.345 e. The SMILES string of the molecule is Cc1cc(C(=O)Cc2ccccc2)n(Cc2csc(N3CCCC(F)C3)n2)c1. The number of aromatic nitrogens is 2. The number of hydrogen-bond acceptors (Lipinski definition) is 4. The number of carbonyl (C=O) groups excluding carboxylic acids is 1. The van der Waals surface area contributed by atoms with Crippen LogP contribution in [0.2, 0.25) is 0 Å². The van der Waals surface area contributed by atoms with E-state index in [1.807, 2.05) is 64.4 Å². The van der Waals surface area contributed by atoms with Crippen LogP contribution < -0.4 is 4.90 Å². The Hall–Kier alpha value is -2.47. The summed E-state index contributed by atoms with van der Waals surface area (Å²) in [4.78, 5) is 19.6. The highest BCUT2D eigenvalue weighted by Crippen LogP contribution is 2.26. The van der Waals surface area contributed by atoms with Crippen LogP contribution in [0.4, 0.5) is 9.52 Å². The maximum absolute atomic E-state index is 13.7. The highest BCUT2D eigenvalue weighted by atomic mass is 32.1. The lowest BCUT2D eigenvalue weighted by Crippen LogP contribution is -2.36. The van der Waals surface area contributed by atoms with Gasteiger partial charge in [0.25, 0.3) is 0 Å². The summed E-state index contributed by atoms with van der Waals surface area (Å²) in [6, 6.07) is 11.7. The van der Waals surface area contributed by atoms with Gasteiger partial charge in [-0.05, 0) is 37.0 Å². The highest BCUT2D eigenvalue weighted by Gasteiger charge is 2.22. The minimum Gasteiger partial charge on any atom is -0.345 e. The number of piperidine rings is 1. The van der Waals surface area contributed by atoms with Crippen LogP contribution in [0.15, 0.2) is 48.0 Å². The average Bonchev–Trinajstić information content (AvgIpc) is 3.29. The number of hydrogen-bond donors (Lipinski definition) is 0. The van der Waals surface area contributed by atoms with E-state index in [1.165, 1.54) is 0 Å². The van der Waals surface area contributed by atoms with Crippen LogP contribution in [0.3, 0.4) is 0 Å². The van der Waals surface area contributed by atoms with E-state index in [1.54, 1.807) is 11.3 Å². The van der Waals surface area contributed by atoms with E-state index in [0.717, 1.165) is 34.9 Å². The fourth-order valence-corrected chi connectivity index (χ4v) is 4.54. The number of ketones is 1. The molecule has 1 aliphatic rings. The minimum atomic E-state index is -0.768. The summed E-state index contributed by atoms with van der Waals surface area (Å²) >= 11 is 1.55. The third-order valence-electron chi connectivity index (χ3n) is 5.03. The number of thiazole rings is 1. The molecule has 4 rings (SSSR count). The molecule has 3 heterocycles. The Balaban J connectivity index is 1.49. The van der Waals surface area contributed by atoms with E-state index in [9.17, 15) is 9.18 Å². The molecule has 3 aromatic rings. The molecule has 0 radical (unpaired) electrons. The predicted octanol–water partition coefficient (Wildman–Crippen LogP) is 4.67. The summed E-state index contributed by atoms with van der Waals surface area (Å²) in [5, 5.41) is 2.89. The molecule has 1 aromatic carbocycles. The fraction of sp³-hybridized carbons (Fsp3) is 0.364. The lowest BCUT2D eigenvalue weighted by Gasteiger charge is -2.28. The monoisotopic (exact) mass is 397 g/mol. The highest BCUT2D eigenvalue weighted by molar-refractivity contribution is 7.13. The van der Waals surface area contributed by atoms with Gasteiger partial charge >= 0.3 is 0 Å². The van der Waals surface area contributed by atoms with Gasteiger partial charge in [0.2, 0.25) is 0 Å². The standard InChI is InChI=1S/C22H24FN3OS/c1-16-10-20(21(27)11-17-6-3-2-4-7-17)26(12-16)14-19-15-28-22(24-19)25-9-5-8-18(23)13-25/h2-4,6-7,10,12,15,18H,5,8-9,11,13-14H2,1H3. The number of benzene rings is 1. The first-order valence-corrected chi connectivity index (χ1v) is 10.5. The zero-order chi connectivity index (χ0) is 19.5. The Kier molecular flexibility index (Phi) is 5.57. The molecular weight excluding hydrogens is 373 g/mol. The number of halogens is 1. The Morgan fingerprint density at radius 1 is 1.32 bits per heavy atom. The van der Waals surface area contributed by atoms with E-state index < -0.39 is 6.17 Å². The van der Waals surface area contributed by atoms with Crippen LogP contribution in [0, 0.1) is 6.92 Å². The summed E-state index contributed by atoms with van der Waals surface area (Å²) < 4.78 is 15.7. The third kappa shape index (κ3) is 4.33. The van der Waals surface area contributed by atoms with E-state index in [4.69, 9.17) is 4.98 Å². The number of carbonyl (C=O) groups is 1. The molecule has 1 atom stereocenters. The average molecular weight is 398 g/mol. The molecule has 1 unspecified atom stereocenters. The molecular formula is C22H24FN3OS. The fourth-order valence-electron chi connectivity index (χ4n) is 3.68. The summed E-state index contributed by atoms with van der Waals surface area (Å²) in [6.07, 6.45) is 3.12. The van der Waals surface area contributed by atoms with Crippen molar-refractivity contribution in [3.05, 3.63) is 70.5 Å². The Morgan fingerprint density at radius 2 is 2.14 bits per heavy atom. The maximum Gasteiger partial charge on any atom is 0.185 e. The third-order valence-corrected chi connectivity index (χ3v) is 5.98. The molecule has 28 heavy (non-hydrogen) atoms. The van der Waals surface area contributed by atoms with Gasteiger partial charge in [0.15, 0.2) is 10.9 Å². The van der Waals surface area contributed by atoms with E-state index >= 15 is 0 Å². The van der Waals surface area contributed by atoms with Gasteiger partial charge in [-0.25, -0.2) is 9.37 Å². The van der Waals surface area contributed by atoms with E-state index in [2.05, 4.69) is 0 Å². The number of alkyl halides is 1. The molecule has 1 fully saturated rings. The van der Waals surface area contributed by atoms with E-state index in [-0.39, 0.29) is 5.78 Å². The van der Waals surface area contributed by atoms with Gasteiger partial charge in [-0.1, -0.05) is 30.3 Å². The van der Waals surface area contributed by atoms with Crippen molar-refractivity contribution in [2.75, 3.05) is 18.0 Å². The second-order valence-corrected chi connectivity index (χ2v) is 8.26. The van der Waals surface area contributed by atoms with Crippen molar-refractivity contribution in [3.63, 3.8) is 0 Å². The predicted molar refractivity (Wildman–Crippen MR) is 111 cm³/mol. The van der Waals surface area contributed by atoms with Crippen molar-refractivity contribution in [3.8, 4) is 0 Å². The van der Waals surface area contributed by atoms with Crippen molar-refractivity contribution < 1.29 is 9.18 Å². The topological polar surface area (TPSA) is 38.1 Å². The molecule has 1 aliphatic heterocycles. The van der Waals surface area contributed by atoms with Gasteiger partial charge < -0.3 is 9.47 Å². The van der Waals surface area contributed by atoms with Crippen molar-refractivity contribution in [1.82, 2.24) is 9.55 Å². The smallest absolute Gasteiger partial charge is 0.185 e. The lowest BCUT2D eigenvalue weighted by molar-refractivity contribution is 0.0984. The number of rotatable bonds is 6. The van der Waals surface area contributed by atoms with Crippen LogP contribution in [0.25, 0.3) is 0 Å². The number of nitrogens with zero attached hydrogens (tertiary/aromatic N) is 3. The van der Waals surface area contributed by atoms with Crippen molar-refractivity contribution in [2.24, 2.45) is 0 Å². The zero-order valence-electron chi connectivity index (χ0n) is 16.0. The number of aryl methyl sites for hydroxylation is 1. The Morgan fingerprint density at radius 3 is 2.93 bits per heavy atom. The normalized spacial score (nSPS) is 17.1.